The van der Waals surface area contributed by atoms with Crippen molar-refractivity contribution in [2.45, 2.75) is 17.7 Å². The highest BCUT2D eigenvalue weighted by molar-refractivity contribution is 7.98. The summed E-state index contributed by atoms with van der Waals surface area (Å²) in [5, 5.41) is 3.56. The Morgan fingerprint density at radius 1 is 1.07 bits per heavy atom. The number of benzene rings is 1. The van der Waals surface area contributed by atoms with Gasteiger partial charge in [0.15, 0.2) is 0 Å². The van der Waals surface area contributed by atoms with Crippen LogP contribution in [0.15, 0.2) is 59.9 Å². The van der Waals surface area contributed by atoms with Crippen LogP contribution in [0.2, 0.25) is 0 Å². The lowest BCUT2D eigenvalue weighted by molar-refractivity contribution is 0.102. The number of amides is 1. The van der Waals surface area contributed by atoms with E-state index in [-0.39, 0.29) is 5.91 Å². The molecule has 28 heavy (non-hydrogen) atoms. The molecule has 2 aromatic heterocycles. The van der Waals surface area contributed by atoms with Gasteiger partial charge in [-0.15, -0.1) is 11.8 Å². The summed E-state index contributed by atoms with van der Waals surface area (Å²) in [6.07, 6.45) is 3.35. The summed E-state index contributed by atoms with van der Waals surface area (Å²) in [5.74, 6) is 1.87. The summed E-state index contributed by atoms with van der Waals surface area (Å²) < 4.78 is 10.7. The Bertz CT molecular complexity index is 979. The third kappa shape index (κ3) is 4.80. The van der Waals surface area contributed by atoms with Crippen molar-refractivity contribution in [3.8, 4) is 11.5 Å². The zero-order valence-corrected chi connectivity index (χ0v) is 16.7. The van der Waals surface area contributed by atoms with Crippen molar-refractivity contribution >= 4 is 23.4 Å². The molecule has 0 spiro atoms. The van der Waals surface area contributed by atoms with Gasteiger partial charge < -0.3 is 14.8 Å². The molecular weight excluding hydrogens is 374 g/mol. The molecule has 1 aromatic carbocycles. The summed E-state index contributed by atoms with van der Waals surface area (Å²) in [4.78, 5) is 21.3. The SMILES string of the molecule is COc1ccc(CSc2ncccc2C(=O)Nc2ccnc(C)c2)c(OC)c1. The number of aromatic nitrogens is 2. The first-order valence-electron chi connectivity index (χ1n) is 8.63. The average molecular weight is 395 g/mol. The van der Waals surface area contributed by atoms with Crippen molar-refractivity contribution in [2.75, 3.05) is 19.5 Å². The molecule has 7 heteroatoms. The molecule has 0 saturated heterocycles. The van der Waals surface area contributed by atoms with Gasteiger partial charge in [-0.05, 0) is 37.3 Å². The number of aryl methyl sites for hydroxylation is 1. The monoisotopic (exact) mass is 395 g/mol. The number of methoxy groups -OCH3 is 2. The average Bonchev–Trinajstić information content (AvgIpc) is 2.72. The minimum Gasteiger partial charge on any atom is -0.497 e. The first-order chi connectivity index (χ1) is 13.6. The molecule has 0 fully saturated rings. The number of nitrogens with one attached hydrogen (secondary N) is 1. The van der Waals surface area contributed by atoms with Crippen molar-refractivity contribution in [3.63, 3.8) is 0 Å². The molecule has 0 atom stereocenters. The zero-order chi connectivity index (χ0) is 19.9. The summed E-state index contributed by atoms with van der Waals surface area (Å²) in [7, 11) is 3.24. The molecule has 3 rings (SSSR count). The van der Waals surface area contributed by atoms with Gasteiger partial charge in [-0.2, -0.15) is 0 Å². The number of thioether (sulfide) groups is 1. The van der Waals surface area contributed by atoms with Crippen molar-refractivity contribution in [1.29, 1.82) is 0 Å². The predicted octanol–water partition coefficient (Wildman–Crippen LogP) is 4.35. The molecule has 0 unspecified atom stereocenters. The van der Waals surface area contributed by atoms with E-state index < -0.39 is 0 Å². The van der Waals surface area contributed by atoms with E-state index in [4.69, 9.17) is 9.47 Å². The Kier molecular flexibility index (Phi) is 6.49. The van der Waals surface area contributed by atoms with Gasteiger partial charge >= 0.3 is 0 Å². The van der Waals surface area contributed by atoms with Gasteiger partial charge in [0.2, 0.25) is 0 Å². The number of pyridine rings is 2. The number of carbonyl (C=O) groups excluding carboxylic acids is 1. The third-order valence-electron chi connectivity index (χ3n) is 4.03. The van der Waals surface area contributed by atoms with Crippen molar-refractivity contribution in [3.05, 3.63) is 71.7 Å². The van der Waals surface area contributed by atoms with Gasteiger partial charge in [0.25, 0.3) is 5.91 Å². The van der Waals surface area contributed by atoms with E-state index in [0.717, 1.165) is 22.8 Å². The van der Waals surface area contributed by atoms with Crippen LogP contribution in [0.4, 0.5) is 5.69 Å². The highest BCUT2D eigenvalue weighted by Crippen LogP contribution is 2.31. The van der Waals surface area contributed by atoms with Gasteiger partial charge in [0, 0.05) is 41.2 Å². The van der Waals surface area contributed by atoms with Crippen LogP contribution in [0.5, 0.6) is 11.5 Å². The van der Waals surface area contributed by atoms with Crippen molar-refractivity contribution < 1.29 is 14.3 Å². The van der Waals surface area contributed by atoms with Gasteiger partial charge in [-0.3, -0.25) is 9.78 Å². The van der Waals surface area contributed by atoms with Crippen molar-refractivity contribution in [1.82, 2.24) is 9.97 Å². The Labute approximate surface area is 168 Å². The number of ether oxygens (including phenoxy) is 2. The number of hydrogen-bond donors (Lipinski definition) is 1. The quantitative estimate of drug-likeness (QED) is 0.600. The second-order valence-corrected chi connectivity index (χ2v) is 6.93. The molecule has 6 nitrogen and oxygen atoms in total. The number of hydrogen-bond acceptors (Lipinski definition) is 6. The fourth-order valence-electron chi connectivity index (χ4n) is 2.62. The molecule has 3 aromatic rings. The first kappa shape index (κ1) is 19.7. The molecule has 0 aliphatic carbocycles. The summed E-state index contributed by atoms with van der Waals surface area (Å²) in [6, 6.07) is 12.8. The van der Waals surface area contributed by atoms with E-state index in [2.05, 4.69) is 15.3 Å². The van der Waals surface area contributed by atoms with Crippen LogP contribution >= 0.6 is 11.8 Å². The molecule has 0 aliphatic rings. The second-order valence-electron chi connectivity index (χ2n) is 5.96. The van der Waals surface area contributed by atoms with Crippen LogP contribution in [-0.4, -0.2) is 30.1 Å². The maximum atomic E-state index is 12.7. The lowest BCUT2D eigenvalue weighted by Gasteiger charge is -2.12. The molecule has 0 radical (unpaired) electrons. The van der Waals surface area contributed by atoms with E-state index >= 15 is 0 Å². The molecule has 0 aliphatic heterocycles. The highest BCUT2D eigenvalue weighted by Gasteiger charge is 2.14. The third-order valence-corrected chi connectivity index (χ3v) is 5.08. The number of anilines is 1. The summed E-state index contributed by atoms with van der Waals surface area (Å²) >= 11 is 1.48. The maximum Gasteiger partial charge on any atom is 0.258 e. The molecule has 1 N–H and O–H groups in total. The fraction of sp³-hybridized carbons (Fsp3) is 0.190. The topological polar surface area (TPSA) is 73.3 Å². The Balaban J connectivity index is 1.76. The normalized spacial score (nSPS) is 10.4. The molecule has 2 heterocycles. The predicted molar refractivity (Wildman–Crippen MR) is 110 cm³/mol. The highest BCUT2D eigenvalue weighted by atomic mass is 32.2. The van der Waals surface area contributed by atoms with E-state index in [0.29, 0.717) is 22.0 Å². The molecule has 0 saturated carbocycles. The van der Waals surface area contributed by atoms with Crippen LogP contribution in [0.3, 0.4) is 0 Å². The zero-order valence-electron chi connectivity index (χ0n) is 15.9. The molecule has 1 amide bonds. The Hall–Kier alpha value is -3.06. The number of rotatable bonds is 7. The van der Waals surface area contributed by atoms with Crippen LogP contribution in [-0.2, 0) is 5.75 Å². The fourth-order valence-corrected chi connectivity index (χ4v) is 3.60. The number of nitrogens with zero attached hydrogens (tertiary/aromatic N) is 2. The van der Waals surface area contributed by atoms with Gasteiger partial charge in [-0.1, -0.05) is 6.07 Å². The summed E-state index contributed by atoms with van der Waals surface area (Å²) in [5.41, 5.74) is 3.06. The van der Waals surface area contributed by atoms with Crippen LogP contribution in [0, 0.1) is 6.92 Å². The van der Waals surface area contributed by atoms with E-state index in [1.165, 1.54) is 11.8 Å². The lowest BCUT2D eigenvalue weighted by atomic mass is 10.2. The van der Waals surface area contributed by atoms with Gasteiger partial charge in [-0.25, -0.2) is 4.98 Å². The van der Waals surface area contributed by atoms with E-state index in [1.54, 1.807) is 44.8 Å². The van der Waals surface area contributed by atoms with E-state index in [1.807, 2.05) is 31.2 Å². The minimum absolute atomic E-state index is 0.206. The maximum absolute atomic E-state index is 12.7. The molecular formula is C21H21N3O3S. The van der Waals surface area contributed by atoms with Gasteiger partial charge in [0.1, 0.15) is 16.5 Å². The second kappa shape index (κ2) is 9.23. The Morgan fingerprint density at radius 3 is 2.68 bits per heavy atom. The lowest BCUT2D eigenvalue weighted by Crippen LogP contribution is -2.13. The molecule has 144 valence electrons. The van der Waals surface area contributed by atoms with Crippen molar-refractivity contribution in [2.24, 2.45) is 0 Å². The Morgan fingerprint density at radius 2 is 1.93 bits per heavy atom. The van der Waals surface area contributed by atoms with Crippen LogP contribution in [0.25, 0.3) is 0 Å². The standard InChI is InChI=1S/C21H21N3O3S/c1-14-11-16(8-10-22-14)24-20(25)18-5-4-9-23-21(18)28-13-15-6-7-17(26-2)12-19(15)27-3/h4-12H,13H2,1-3H3,(H,22,24,25). The smallest absolute Gasteiger partial charge is 0.258 e. The molecule has 0 bridgehead atoms. The number of carbonyl (C=O) groups is 1. The van der Waals surface area contributed by atoms with Gasteiger partial charge in [0.05, 0.1) is 19.8 Å². The van der Waals surface area contributed by atoms with Crippen LogP contribution < -0.4 is 14.8 Å². The minimum atomic E-state index is -0.206. The summed E-state index contributed by atoms with van der Waals surface area (Å²) in [6.45, 7) is 1.88. The van der Waals surface area contributed by atoms with E-state index in [9.17, 15) is 4.79 Å². The van der Waals surface area contributed by atoms with Crippen LogP contribution in [0.1, 0.15) is 21.6 Å². The first-order valence-corrected chi connectivity index (χ1v) is 9.62. The largest absolute Gasteiger partial charge is 0.497 e.